The highest BCUT2D eigenvalue weighted by molar-refractivity contribution is 5.64. The molecule has 0 aliphatic carbocycles. The van der Waals surface area contributed by atoms with Gasteiger partial charge in [0.05, 0.1) is 6.17 Å². The lowest BCUT2D eigenvalue weighted by Gasteiger charge is -2.44. The molecule has 1 aromatic carbocycles. The summed E-state index contributed by atoms with van der Waals surface area (Å²) in [6, 6.07) is 10.6. The monoisotopic (exact) mass is 294 g/mol. The molecule has 0 radical (unpaired) electrons. The van der Waals surface area contributed by atoms with Crippen molar-refractivity contribution in [3.63, 3.8) is 0 Å². The van der Waals surface area contributed by atoms with E-state index in [4.69, 9.17) is 0 Å². The summed E-state index contributed by atoms with van der Waals surface area (Å²) in [4.78, 5) is 14.0. The van der Waals surface area contributed by atoms with Crippen LogP contribution >= 0.6 is 0 Å². The SMILES string of the molecule is c1cnc(N2c3ccccc3CCC2N2CCCCC2)nc1. The van der Waals surface area contributed by atoms with Crippen LogP contribution in [0.3, 0.4) is 0 Å². The molecule has 4 heteroatoms. The number of aromatic nitrogens is 2. The summed E-state index contributed by atoms with van der Waals surface area (Å²) in [6.45, 7) is 2.38. The van der Waals surface area contributed by atoms with Crippen molar-refractivity contribution in [3.8, 4) is 0 Å². The fourth-order valence-electron chi connectivity index (χ4n) is 3.75. The molecule has 0 N–H and O–H groups in total. The van der Waals surface area contributed by atoms with E-state index in [1.807, 2.05) is 18.5 Å². The number of hydrogen-bond donors (Lipinski definition) is 0. The van der Waals surface area contributed by atoms with Gasteiger partial charge in [-0.3, -0.25) is 9.80 Å². The van der Waals surface area contributed by atoms with Crippen LogP contribution in [0.25, 0.3) is 0 Å². The molecular weight excluding hydrogens is 272 g/mol. The van der Waals surface area contributed by atoms with E-state index >= 15 is 0 Å². The van der Waals surface area contributed by atoms with Gasteiger partial charge >= 0.3 is 0 Å². The average Bonchev–Trinajstić information content (AvgIpc) is 2.62. The Morgan fingerprint density at radius 1 is 0.909 bits per heavy atom. The van der Waals surface area contributed by atoms with E-state index in [0.29, 0.717) is 6.17 Å². The predicted octanol–water partition coefficient (Wildman–Crippen LogP) is 3.37. The van der Waals surface area contributed by atoms with Gasteiger partial charge in [-0.1, -0.05) is 24.6 Å². The smallest absolute Gasteiger partial charge is 0.231 e. The van der Waals surface area contributed by atoms with Gasteiger partial charge in [0, 0.05) is 31.2 Å². The van der Waals surface area contributed by atoms with Crippen molar-refractivity contribution in [2.24, 2.45) is 0 Å². The first-order chi connectivity index (χ1) is 10.9. The summed E-state index contributed by atoms with van der Waals surface area (Å²) in [5.41, 5.74) is 2.68. The van der Waals surface area contributed by atoms with Crippen LogP contribution in [-0.2, 0) is 6.42 Å². The number of fused-ring (bicyclic) bond motifs is 1. The van der Waals surface area contributed by atoms with Crippen molar-refractivity contribution < 1.29 is 0 Å². The van der Waals surface area contributed by atoms with Crippen LogP contribution in [-0.4, -0.2) is 34.1 Å². The molecule has 1 atom stereocenters. The topological polar surface area (TPSA) is 32.3 Å². The van der Waals surface area contributed by atoms with Crippen molar-refractivity contribution in [2.45, 2.75) is 38.3 Å². The Morgan fingerprint density at radius 3 is 2.50 bits per heavy atom. The number of para-hydroxylation sites is 1. The molecule has 1 aromatic heterocycles. The minimum Gasteiger partial charge on any atom is -0.294 e. The third-order valence-electron chi connectivity index (χ3n) is 4.80. The number of piperidine rings is 1. The van der Waals surface area contributed by atoms with Crippen LogP contribution in [0.4, 0.5) is 11.6 Å². The molecule has 1 saturated heterocycles. The molecular formula is C18H22N4. The van der Waals surface area contributed by atoms with Crippen molar-refractivity contribution in [1.82, 2.24) is 14.9 Å². The largest absolute Gasteiger partial charge is 0.294 e. The molecule has 0 bridgehead atoms. The third kappa shape index (κ3) is 2.48. The number of benzene rings is 1. The van der Waals surface area contributed by atoms with Gasteiger partial charge in [-0.2, -0.15) is 0 Å². The van der Waals surface area contributed by atoms with Crippen molar-refractivity contribution >= 4 is 11.6 Å². The quantitative estimate of drug-likeness (QED) is 0.850. The summed E-state index contributed by atoms with van der Waals surface area (Å²) in [5, 5.41) is 0. The van der Waals surface area contributed by atoms with E-state index in [1.165, 1.54) is 43.6 Å². The Morgan fingerprint density at radius 2 is 1.68 bits per heavy atom. The fourth-order valence-corrected chi connectivity index (χ4v) is 3.75. The van der Waals surface area contributed by atoms with Gasteiger partial charge < -0.3 is 0 Å². The molecule has 0 spiro atoms. The minimum absolute atomic E-state index is 0.387. The van der Waals surface area contributed by atoms with Crippen LogP contribution in [0.1, 0.15) is 31.2 Å². The number of nitrogens with zero attached hydrogens (tertiary/aromatic N) is 4. The van der Waals surface area contributed by atoms with E-state index in [-0.39, 0.29) is 0 Å². The van der Waals surface area contributed by atoms with E-state index in [2.05, 4.69) is 44.0 Å². The first kappa shape index (κ1) is 13.7. The van der Waals surface area contributed by atoms with Gasteiger partial charge in [0.2, 0.25) is 5.95 Å². The van der Waals surface area contributed by atoms with Crippen LogP contribution in [0.15, 0.2) is 42.7 Å². The lowest BCUT2D eigenvalue weighted by Crippen LogP contribution is -2.51. The second-order valence-corrected chi connectivity index (χ2v) is 6.16. The highest BCUT2D eigenvalue weighted by atomic mass is 15.4. The van der Waals surface area contributed by atoms with Crippen molar-refractivity contribution in [3.05, 3.63) is 48.3 Å². The van der Waals surface area contributed by atoms with Crippen LogP contribution in [0.2, 0.25) is 0 Å². The van der Waals surface area contributed by atoms with Gasteiger partial charge in [0.25, 0.3) is 0 Å². The maximum Gasteiger partial charge on any atom is 0.231 e. The highest BCUT2D eigenvalue weighted by Crippen LogP contribution is 2.36. The molecule has 22 heavy (non-hydrogen) atoms. The van der Waals surface area contributed by atoms with Gasteiger partial charge in [0.15, 0.2) is 0 Å². The second-order valence-electron chi connectivity index (χ2n) is 6.16. The zero-order valence-corrected chi connectivity index (χ0v) is 12.9. The van der Waals surface area contributed by atoms with Crippen LogP contribution in [0.5, 0.6) is 0 Å². The average molecular weight is 294 g/mol. The molecule has 3 heterocycles. The minimum atomic E-state index is 0.387. The van der Waals surface area contributed by atoms with Crippen molar-refractivity contribution in [2.75, 3.05) is 18.0 Å². The fraction of sp³-hybridized carbons (Fsp3) is 0.444. The predicted molar refractivity (Wildman–Crippen MR) is 88.1 cm³/mol. The molecule has 0 saturated carbocycles. The molecule has 1 fully saturated rings. The Bertz CT molecular complexity index is 622. The van der Waals surface area contributed by atoms with E-state index in [0.717, 1.165) is 18.8 Å². The Labute approximate surface area is 131 Å². The summed E-state index contributed by atoms with van der Waals surface area (Å²) in [5.74, 6) is 0.824. The molecule has 2 aliphatic heterocycles. The zero-order chi connectivity index (χ0) is 14.8. The van der Waals surface area contributed by atoms with Crippen molar-refractivity contribution in [1.29, 1.82) is 0 Å². The molecule has 0 amide bonds. The van der Waals surface area contributed by atoms with Crippen LogP contribution in [0, 0.1) is 0 Å². The lowest BCUT2D eigenvalue weighted by molar-refractivity contribution is 0.154. The number of aryl methyl sites for hydroxylation is 1. The summed E-state index contributed by atoms with van der Waals surface area (Å²) in [7, 11) is 0. The van der Waals surface area contributed by atoms with Gasteiger partial charge in [-0.25, -0.2) is 9.97 Å². The summed E-state index contributed by atoms with van der Waals surface area (Å²) < 4.78 is 0. The standard InChI is InChI=1S/C18H22N4/c1-4-13-21(14-5-1)17-10-9-15-7-2-3-8-16(15)22(17)18-19-11-6-12-20-18/h2-3,6-8,11-12,17H,1,4-5,9-10,13-14H2. The van der Waals surface area contributed by atoms with Crippen LogP contribution < -0.4 is 4.90 Å². The molecule has 2 aliphatic rings. The Balaban J connectivity index is 1.75. The van der Waals surface area contributed by atoms with Gasteiger partial charge in [-0.15, -0.1) is 0 Å². The number of anilines is 2. The molecule has 2 aromatic rings. The van der Waals surface area contributed by atoms with E-state index in [1.54, 1.807) is 0 Å². The Hall–Kier alpha value is -1.94. The Kier molecular flexibility index (Phi) is 3.77. The third-order valence-corrected chi connectivity index (χ3v) is 4.80. The number of likely N-dealkylation sites (tertiary alicyclic amines) is 1. The zero-order valence-electron chi connectivity index (χ0n) is 12.9. The van der Waals surface area contributed by atoms with E-state index < -0.39 is 0 Å². The molecule has 114 valence electrons. The molecule has 1 unspecified atom stereocenters. The first-order valence-corrected chi connectivity index (χ1v) is 8.32. The lowest BCUT2D eigenvalue weighted by atomic mass is 9.97. The first-order valence-electron chi connectivity index (χ1n) is 8.32. The number of rotatable bonds is 2. The highest BCUT2D eigenvalue weighted by Gasteiger charge is 2.33. The number of hydrogen-bond acceptors (Lipinski definition) is 4. The maximum atomic E-state index is 4.53. The molecule has 4 rings (SSSR count). The maximum absolute atomic E-state index is 4.53. The van der Waals surface area contributed by atoms with Gasteiger partial charge in [0.1, 0.15) is 0 Å². The molecule has 4 nitrogen and oxygen atoms in total. The van der Waals surface area contributed by atoms with E-state index in [9.17, 15) is 0 Å². The summed E-state index contributed by atoms with van der Waals surface area (Å²) in [6.07, 6.45) is 10.3. The summed E-state index contributed by atoms with van der Waals surface area (Å²) >= 11 is 0. The van der Waals surface area contributed by atoms with Gasteiger partial charge in [-0.05, 0) is 43.4 Å². The normalized spacial score (nSPS) is 22.4. The second kappa shape index (κ2) is 6.05.